The molecule has 0 atom stereocenters. The van der Waals surface area contributed by atoms with E-state index in [1.54, 1.807) is 31.2 Å². The Balaban J connectivity index is 2.47. The molecule has 0 aliphatic rings. The quantitative estimate of drug-likeness (QED) is 0.731. The third-order valence-electron chi connectivity index (χ3n) is 2.36. The van der Waals surface area contributed by atoms with Gasteiger partial charge in [-0.25, -0.2) is 13.1 Å². The Morgan fingerprint density at radius 2 is 1.83 bits per heavy atom. The molecule has 18 heavy (non-hydrogen) atoms. The van der Waals surface area contributed by atoms with E-state index in [1.807, 2.05) is 0 Å². The topological polar surface area (TPSA) is 75.3 Å². The summed E-state index contributed by atoms with van der Waals surface area (Å²) in [6.07, 6.45) is 0. The number of benzene rings is 1. The maximum atomic E-state index is 11.4. The van der Waals surface area contributed by atoms with Crippen molar-refractivity contribution in [3.63, 3.8) is 0 Å². The van der Waals surface area contributed by atoms with Gasteiger partial charge in [0, 0.05) is 24.3 Å². The van der Waals surface area contributed by atoms with E-state index in [0.717, 1.165) is 5.69 Å². The Hall–Kier alpha value is -1.40. The molecule has 0 heterocycles. The lowest BCUT2D eigenvalue weighted by Gasteiger charge is -2.07. The fourth-order valence-electron chi connectivity index (χ4n) is 1.44. The van der Waals surface area contributed by atoms with Gasteiger partial charge in [0.2, 0.25) is 10.0 Å². The van der Waals surface area contributed by atoms with Crippen LogP contribution in [0.2, 0.25) is 0 Å². The summed E-state index contributed by atoms with van der Waals surface area (Å²) in [4.78, 5) is 11.1. The molecule has 6 heteroatoms. The second kappa shape index (κ2) is 6.51. The number of carbonyl (C=O) groups is 1. The summed E-state index contributed by atoms with van der Waals surface area (Å²) in [5.74, 6) is 0.0336. The van der Waals surface area contributed by atoms with Crippen LogP contribution in [0.15, 0.2) is 24.3 Å². The Morgan fingerprint density at radius 3 is 2.33 bits per heavy atom. The third-order valence-corrected chi connectivity index (χ3v) is 3.83. The van der Waals surface area contributed by atoms with Crippen molar-refractivity contribution in [1.29, 1.82) is 0 Å². The van der Waals surface area contributed by atoms with Gasteiger partial charge in [0.1, 0.15) is 0 Å². The minimum Gasteiger partial charge on any atom is -0.384 e. The minimum absolute atomic E-state index is 0.0104. The minimum atomic E-state index is -3.19. The Labute approximate surface area is 108 Å². The van der Waals surface area contributed by atoms with Crippen LogP contribution in [-0.4, -0.2) is 33.0 Å². The van der Waals surface area contributed by atoms with Gasteiger partial charge >= 0.3 is 0 Å². The summed E-state index contributed by atoms with van der Waals surface area (Å²) in [5.41, 5.74) is 1.44. The van der Waals surface area contributed by atoms with E-state index in [4.69, 9.17) is 0 Å². The van der Waals surface area contributed by atoms with Gasteiger partial charge in [-0.1, -0.05) is 6.92 Å². The zero-order chi connectivity index (χ0) is 13.6. The van der Waals surface area contributed by atoms with E-state index < -0.39 is 10.0 Å². The molecule has 0 spiro atoms. The van der Waals surface area contributed by atoms with Crippen LogP contribution < -0.4 is 10.0 Å². The number of sulfonamides is 1. The van der Waals surface area contributed by atoms with Crippen molar-refractivity contribution in [2.75, 3.05) is 24.2 Å². The van der Waals surface area contributed by atoms with Crippen LogP contribution in [0.1, 0.15) is 24.2 Å². The van der Waals surface area contributed by atoms with Crippen molar-refractivity contribution in [2.45, 2.75) is 13.8 Å². The van der Waals surface area contributed by atoms with Gasteiger partial charge in [-0.3, -0.25) is 4.79 Å². The predicted octanol–water partition coefficient (Wildman–Crippen LogP) is 1.24. The normalized spacial score (nSPS) is 11.2. The average molecular weight is 270 g/mol. The lowest BCUT2D eigenvalue weighted by molar-refractivity contribution is 0.101. The first-order chi connectivity index (χ1) is 8.44. The van der Waals surface area contributed by atoms with E-state index in [1.165, 1.54) is 6.92 Å². The van der Waals surface area contributed by atoms with Crippen LogP contribution in [-0.2, 0) is 10.0 Å². The van der Waals surface area contributed by atoms with E-state index in [0.29, 0.717) is 18.7 Å². The van der Waals surface area contributed by atoms with Crippen LogP contribution >= 0.6 is 0 Å². The summed E-state index contributed by atoms with van der Waals surface area (Å²) >= 11 is 0. The molecule has 0 aliphatic heterocycles. The van der Waals surface area contributed by atoms with Gasteiger partial charge in [0.25, 0.3) is 0 Å². The maximum Gasteiger partial charge on any atom is 0.213 e. The van der Waals surface area contributed by atoms with E-state index >= 15 is 0 Å². The van der Waals surface area contributed by atoms with Gasteiger partial charge in [-0.15, -0.1) is 0 Å². The molecule has 0 aliphatic carbocycles. The van der Waals surface area contributed by atoms with Crippen molar-refractivity contribution in [2.24, 2.45) is 0 Å². The van der Waals surface area contributed by atoms with Crippen LogP contribution in [0.3, 0.4) is 0 Å². The molecule has 0 unspecified atom stereocenters. The fourth-order valence-corrected chi connectivity index (χ4v) is 2.40. The Bertz CT molecular complexity index is 495. The second-order valence-corrected chi connectivity index (χ2v) is 5.80. The van der Waals surface area contributed by atoms with Crippen molar-refractivity contribution < 1.29 is 13.2 Å². The van der Waals surface area contributed by atoms with Gasteiger partial charge in [-0.05, 0) is 31.2 Å². The number of nitrogens with one attached hydrogen (secondary N) is 2. The van der Waals surface area contributed by atoms with Crippen LogP contribution in [0.5, 0.6) is 0 Å². The smallest absolute Gasteiger partial charge is 0.213 e. The molecule has 100 valence electrons. The standard InChI is InChI=1S/C12H18N2O3S/c1-3-14-18(16,17)9-8-13-12-6-4-11(5-7-12)10(2)15/h4-7,13-14H,3,8-9H2,1-2H3. The second-order valence-electron chi connectivity index (χ2n) is 3.88. The van der Waals surface area contributed by atoms with E-state index in [-0.39, 0.29) is 11.5 Å². The molecule has 0 bridgehead atoms. The van der Waals surface area contributed by atoms with Crippen LogP contribution in [0.25, 0.3) is 0 Å². The molecule has 1 rings (SSSR count). The Morgan fingerprint density at radius 1 is 1.22 bits per heavy atom. The van der Waals surface area contributed by atoms with Crippen molar-refractivity contribution in [3.8, 4) is 0 Å². The largest absolute Gasteiger partial charge is 0.384 e. The number of anilines is 1. The SMILES string of the molecule is CCNS(=O)(=O)CCNc1ccc(C(C)=O)cc1. The number of rotatable bonds is 7. The summed E-state index contributed by atoms with van der Waals surface area (Å²) in [7, 11) is -3.19. The molecule has 5 nitrogen and oxygen atoms in total. The predicted molar refractivity (Wildman–Crippen MR) is 72.4 cm³/mol. The molecule has 1 aromatic carbocycles. The molecular weight excluding hydrogens is 252 g/mol. The third kappa shape index (κ3) is 4.85. The molecule has 0 aromatic heterocycles. The average Bonchev–Trinajstić information content (AvgIpc) is 2.29. The van der Waals surface area contributed by atoms with Crippen molar-refractivity contribution in [3.05, 3.63) is 29.8 Å². The molecule has 2 N–H and O–H groups in total. The van der Waals surface area contributed by atoms with Crippen molar-refractivity contribution in [1.82, 2.24) is 4.72 Å². The van der Waals surface area contributed by atoms with Gasteiger partial charge < -0.3 is 5.32 Å². The van der Waals surface area contributed by atoms with Crippen LogP contribution in [0.4, 0.5) is 5.69 Å². The molecule has 0 radical (unpaired) electrons. The maximum absolute atomic E-state index is 11.4. The molecule has 0 fully saturated rings. The highest BCUT2D eigenvalue weighted by Gasteiger charge is 2.07. The van der Waals surface area contributed by atoms with Gasteiger partial charge in [-0.2, -0.15) is 0 Å². The lowest BCUT2D eigenvalue weighted by Crippen LogP contribution is -2.29. The summed E-state index contributed by atoms with van der Waals surface area (Å²) in [6.45, 7) is 3.97. The van der Waals surface area contributed by atoms with Crippen molar-refractivity contribution >= 4 is 21.5 Å². The highest BCUT2D eigenvalue weighted by Crippen LogP contribution is 2.09. The number of ketones is 1. The zero-order valence-electron chi connectivity index (χ0n) is 10.6. The molecule has 0 amide bonds. The molecule has 0 saturated heterocycles. The summed E-state index contributed by atoms with van der Waals surface area (Å²) in [5, 5.41) is 2.99. The van der Waals surface area contributed by atoms with E-state index in [9.17, 15) is 13.2 Å². The Kier molecular flexibility index (Phi) is 5.30. The highest BCUT2D eigenvalue weighted by molar-refractivity contribution is 7.89. The lowest BCUT2D eigenvalue weighted by atomic mass is 10.1. The number of hydrogen-bond donors (Lipinski definition) is 2. The first kappa shape index (κ1) is 14.7. The first-order valence-electron chi connectivity index (χ1n) is 5.77. The number of Topliss-reactive ketones (excluding diaryl/α,β-unsaturated/α-hetero) is 1. The monoisotopic (exact) mass is 270 g/mol. The summed E-state index contributed by atoms with van der Waals surface area (Å²) in [6, 6.07) is 6.94. The van der Waals surface area contributed by atoms with Gasteiger partial charge in [0.15, 0.2) is 5.78 Å². The number of carbonyl (C=O) groups excluding carboxylic acids is 1. The van der Waals surface area contributed by atoms with Crippen LogP contribution in [0, 0.1) is 0 Å². The van der Waals surface area contributed by atoms with Gasteiger partial charge in [0.05, 0.1) is 5.75 Å². The summed E-state index contributed by atoms with van der Waals surface area (Å²) < 4.78 is 25.2. The van der Waals surface area contributed by atoms with E-state index in [2.05, 4.69) is 10.0 Å². The number of hydrogen-bond acceptors (Lipinski definition) is 4. The highest BCUT2D eigenvalue weighted by atomic mass is 32.2. The molecular formula is C12H18N2O3S. The molecule has 1 aromatic rings. The zero-order valence-corrected chi connectivity index (χ0v) is 11.4. The first-order valence-corrected chi connectivity index (χ1v) is 7.42. The fraction of sp³-hybridized carbons (Fsp3) is 0.417. The molecule has 0 saturated carbocycles.